The van der Waals surface area contributed by atoms with Gasteiger partial charge < -0.3 is 10.1 Å². The van der Waals surface area contributed by atoms with Crippen molar-refractivity contribution >= 4 is 35.1 Å². The molecule has 0 bridgehead atoms. The molecule has 0 radical (unpaired) electrons. The van der Waals surface area contributed by atoms with Crippen LogP contribution in [-0.4, -0.2) is 30.0 Å². The van der Waals surface area contributed by atoms with E-state index in [2.05, 4.69) is 5.32 Å². The first-order valence-electron chi connectivity index (χ1n) is 7.69. The molecular formula is C18H16Cl2N2O3. The Morgan fingerprint density at radius 1 is 1.12 bits per heavy atom. The number of carbonyl (C=O) groups excluding carboxylic acids is 2. The molecule has 1 heterocycles. The second-order valence-corrected chi connectivity index (χ2v) is 6.64. The summed E-state index contributed by atoms with van der Waals surface area (Å²) in [5.41, 5.74) is -0.339. The van der Waals surface area contributed by atoms with Gasteiger partial charge in [-0.1, -0.05) is 53.5 Å². The number of rotatable bonds is 5. The van der Waals surface area contributed by atoms with Gasteiger partial charge >= 0.3 is 6.03 Å². The van der Waals surface area contributed by atoms with Gasteiger partial charge in [-0.2, -0.15) is 0 Å². The molecule has 2 aromatic carbocycles. The molecule has 0 saturated carbocycles. The summed E-state index contributed by atoms with van der Waals surface area (Å²) in [6.45, 7) is 1.94. The Kier molecular flexibility index (Phi) is 4.88. The molecule has 25 heavy (non-hydrogen) atoms. The first kappa shape index (κ1) is 17.6. The van der Waals surface area contributed by atoms with Crippen LogP contribution >= 0.6 is 23.2 Å². The molecule has 1 atom stereocenters. The van der Waals surface area contributed by atoms with Crippen LogP contribution in [-0.2, 0) is 10.3 Å². The largest absolute Gasteiger partial charge is 0.490 e. The van der Waals surface area contributed by atoms with Crippen LogP contribution in [0.15, 0.2) is 48.5 Å². The molecule has 0 unspecified atom stereocenters. The fourth-order valence-corrected chi connectivity index (χ4v) is 3.17. The maximum absolute atomic E-state index is 12.7. The highest BCUT2D eigenvalue weighted by molar-refractivity contribution is 6.35. The van der Waals surface area contributed by atoms with E-state index < -0.39 is 11.6 Å². The number of nitrogens with zero attached hydrogens (tertiary/aromatic N) is 1. The molecule has 130 valence electrons. The van der Waals surface area contributed by atoms with E-state index in [1.807, 2.05) is 30.3 Å². The zero-order valence-electron chi connectivity index (χ0n) is 13.5. The zero-order chi connectivity index (χ0) is 18.0. The lowest BCUT2D eigenvalue weighted by atomic mass is 9.92. The summed E-state index contributed by atoms with van der Waals surface area (Å²) in [7, 11) is 0. The summed E-state index contributed by atoms with van der Waals surface area (Å²) in [6.07, 6.45) is 0. The molecule has 2 aromatic rings. The number of halogens is 2. The highest BCUT2D eigenvalue weighted by Gasteiger charge is 2.48. The van der Waals surface area contributed by atoms with E-state index in [4.69, 9.17) is 27.9 Å². The minimum atomic E-state index is -1.07. The second kappa shape index (κ2) is 6.94. The van der Waals surface area contributed by atoms with E-state index in [0.717, 1.165) is 10.5 Å². The zero-order valence-corrected chi connectivity index (χ0v) is 15.0. The fourth-order valence-electron chi connectivity index (χ4n) is 2.71. The van der Waals surface area contributed by atoms with Crippen molar-refractivity contribution in [3.05, 3.63) is 64.1 Å². The molecule has 3 rings (SSSR count). The van der Waals surface area contributed by atoms with Crippen molar-refractivity contribution in [1.29, 1.82) is 0 Å². The van der Waals surface area contributed by atoms with Gasteiger partial charge in [0.05, 0.1) is 11.6 Å². The van der Waals surface area contributed by atoms with Gasteiger partial charge in [-0.05, 0) is 30.7 Å². The number of carbonyl (C=O) groups is 2. The van der Waals surface area contributed by atoms with Crippen molar-refractivity contribution in [3.8, 4) is 5.75 Å². The van der Waals surface area contributed by atoms with Crippen molar-refractivity contribution < 1.29 is 14.3 Å². The van der Waals surface area contributed by atoms with Gasteiger partial charge in [-0.15, -0.1) is 0 Å². The quantitative estimate of drug-likeness (QED) is 0.804. The maximum Gasteiger partial charge on any atom is 0.325 e. The summed E-state index contributed by atoms with van der Waals surface area (Å²) in [4.78, 5) is 26.1. The van der Waals surface area contributed by atoms with Crippen molar-refractivity contribution in [1.82, 2.24) is 10.2 Å². The van der Waals surface area contributed by atoms with Crippen molar-refractivity contribution in [3.63, 3.8) is 0 Å². The maximum atomic E-state index is 12.7. The van der Waals surface area contributed by atoms with E-state index in [0.29, 0.717) is 15.8 Å². The van der Waals surface area contributed by atoms with E-state index in [9.17, 15) is 9.59 Å². The molecular weight excluding hydrogens is 363 g/mol. The van der Waals surface area contributed by atoms with Gasteiger partial charge in [-0.25, -0.2) is 4.79 Å². The monoisotopic (exact) mass is 378 g/mol. The molecule has 0 aromatic heterocycles. The van der Waals surface area contributed by atoms with Crippen molar-refractivity contribution in [2.24, 2.45) is 0 Å². The second-order valence-electron chi connectivity index (χ2n) is 5.80. The van der Waals surface area contributed by atoms with Gasteiger partial charge in [0.2, 0.25) is 0 Å². The van der Waals surface area contributed by atoms with Crippen LogP contribution < -0.4 is 10.1 Å². The van der Waals surface area contributed by atoms with Crippen molar-refractivity contribution in [2.45, 2.75) is 12.5 Å². The Bertz CT molecular complexity index is 813. The summed E-state index contributed by atoms with van der Waals surface area (Å²) >= 11 is 11.9. The van der Waals surface area contributed by atoms with Gasteiger partial charge in [0.25, 0.3) is 5.91 Å². The van der Waals surface area contributed by atoms with E-state index in [1.54, 1.807) is 25.1 Å². The minimum Gasteiger partial charge on any atom is -0.490 e. The van der Waals surface area contributed by atoms with E-state index >= 15 is 0 Å². The van der Waals surface area contributed by atoms with Crippen LogP contribution in [0, 0.1) is 0 Å². The highest BCUT2D eigenvalue weighted by Crippen LogP contribution is 2.29. The number of benzene rings is 2. The molecule has 7 heteroatoms. The number of hydrogen-bond acceptors (Lipinski definition) is 3. The van der Waals surface area contributed by atoms with E-state index in [1.165, 1.54) is 0 Å². The number of hydrogen-bond donors (Lipinski definition) is 1. The van der Waals surface area contributed by atoms with Gasteiger partial charge in [0, 0.05) is 5.02 Å². The van der Waals surface area contributed by atoms with Crippen LogP contribution in [0.1, 0.15) is 12.5 Å². The number of nitrogens with one attached hydrogen (secondary N) is 1. The molecule has 3 amide bonds. The topological polar surface area (TPSA) is 58.6 Å². The SMILES string of the molecule is C[C@@]1(c2ccccc2)NC(=O)N(CCOc2ccc(Cl)cc2Cl)C1=O. The number of urea groups is 1. The normalized spacial score (nSPS) is 19.9. The lowest BCUT2D eigenvalue weighted by Gasteiger charge is -2.22. The summed E-state index contributed by atoms with van der Waals surface area (Å²) in [5.74, 6) is 0.137. The average Bonchev–Trinajstić information content (AvgIpc) is 2.81. The van der Waals surface area contributed by atoms with Gasteiger partial charge in [-0.3, -0.25) is 9.69 Å². The molecule has 0 spiro atoms. The Morgan fingerprint density at radius 2 is 1.84 bits per heavy atom. The summed E-state index contributed by atoms with van der Waals surface area (Å²) in [5, 5.41) is 3.63. The first-order chi connectivity index (χ1) is 11.9. The number of imide groups is 1. The Morgan fingerprint density at radius 3 is 2.52 bits per heavy atom. The van der Waals surface area contributed by atoms with Crippen LogP contribution in [0.5, 0.6) is 5.75 Å². The molecule has 1 aliphatic heterocycles. The van der Waals surface area contributed by atoms with Crippen LogP contribution in [0.4, 0.5) is 4.79 Å². The molecule has 1 aliphatic rings. The third kappa shape index (κ3) is 3.43. The lowest BCUT2D eigenvalue weighted by molar-refractivity contribution is -0.131. The molecule has 1 saturated heterocycles. The molecule has 1 fully saturated rings. The standard InChI is InChI=1S/C18H16Cl2N2O3/c1-18(12-5-3-2-4-6-12)16(23)22(17(24)21-18)9-10-25-15-8-7-13(19)11-14(15)20/h2-8,11H,9-10H2,1H3,(H,21,24)/t18-/m0/s1. The van der Waals surface area contributed by atoms with Gasteiger partial charge in [0.15, 0.2) is 0 Å². The third-order valence-electron chi connectivity index (χ3n) is 4.09. The fraction of sp³-hybridized carbons (Fsp3) is 0.222. The molecule has 1 N–H and O–H groups in total. The minimum absolute atomic E-state index is 0.117. The molecule has 0 aliphatic carbocycles. The summed E-state index contributed by atoms with van der Waals surface area (Å²) in [6, 6.07) is 13.6. The average molecular weight is 379 g/mol. The number of ether oxygens (including phenoxy) is 1. The third-order valence-corrected chi connectivity index (χ3v) is 4.62. The predicted octanol–water partition coefficient (Wildman–Crippen LogP) is 3.84. The van der Waals surface area contributed by atoms with Crippen LogP contribution in [0.25, 0.3) is 0 Å². The van der Waals surface area contributed by atoms with Crippen LogP contribution in [0.3, 0.4) is 0 Å². The predicted molar refractivity (Wildman–Crippen MR) is 96.0 cm³/mol. The highest BCUT2D eigenvalue weighted by atomic mass is 35.5. The Balaban J connectivity index is 1.67. The Labute approximate surface area is 155 Å². The molecule has 5 nitrogen and oxygen atoms in total. The van der Waals surface area contributed by atoms with E-state index in [-0.39, 0.29) is 19.1 Å². The van der Waals surface area contributed by atoms with Gasteiger partial charge in [0.1, 0.15) is 17.9 Å². The smallest absolute Gasteiger partial charge is 0.325 e. The van der Waals surface area contributed by atoms with Crippen molar-refractivity contribution in [2.75, 3.05) is 13.2 Å². The lowest BCUT2D eigenvalue weighted by Crippen LogP contribution is -2.41. The summed E-state index contributed by atoms with van der Waals surface area (Å²) < 4.78 is 5.56. The van der Waals surface area contributed by atoms with Crippen LogP contribution in [0.2, 0.25) is 10.0 Å². The first-order valence-corrected chi connectivity index (χ1v) is 8.45. The number of amides is 3. The Hall–Kier alpha value is -2.24.